The highest BCUT2D eigenvalue weighted by atomic mass is 32.2. The predicted octanol–water partition coefficient (Wildman–Crippen LogP) is 4.74. The molecule has 5 nitrogen and oxygen atoms in total. The van der Waals surface area contributed by atoms with Gasteiger partial charge in [-0.15, -0.1) is 0 Å². The van der Waals surface area contributed by atoms with E-state index >= 15 is 0 Å². The monoisotopic (exact) mass is 426 g/mol. The van der Waals surface area contributed by atoms with Gasteiger partial charge in [-0.05, 0) is 62.1 Å². The van der Waals surface area contributed by atoms with E-state index < -0.39 is 16.1 Å². The minimum Gasteiger partial charge on any atom is -0.324 e. The van der Waals surface area contributed by atoms with Crippen LogP contribution in [0, 0.1) is 12.8 Å². The second-order valence-electron chi connectivity index (χ2n) is 7.97. The van der Waals surface area contributed by atoms with Crippen LogP contribution >= 0.6 is 0 Å². The summed E-state index contributed by atoms with van der Waals surface area (Å²) < 4.78 is 26.6. The standard InChI is InChI=1S/C24H30N2O3S/c1-20-10-12-23(13-11-20)16-19-30(28,29)25-24(27)26-17-14-22(15-18-26)9-5-8-21-6-3-2-4-7-21/h2-4,6-7,10-13,16,19,22H,5,8-9,14-15,17-18H2,1H3,(H,25,27). The molecule has 2 amide bonds. The number of amides is 2. The van der Waals surface area contributed by atoms with Gasteiger partial charge in [-0.1, -0.05) is 60.2 Å². The largest absolute Gasteiger partial charge is 0.331 e. The van der Waals surface area contributed by atoms with Gasteiger partial charge in [0.1, 0.15) is 0 Å². The highest BCUT2D eigenvalue weighted by Crippen LogP contribution is 2.23. The van der Waals surface area contributed by atoms with Gasteiger partial charge in [0.05, 0.1) is 5.41 Å². The lowest BCUT2D eigenvalue weighted by atomic mass is 9.91. The third-order valence-electron chi connectivity index (χ3n) is 5.57. The first-order valence-electron chi connectivity index (χ1n) is 10.5. The number of urea groups is 1. The van der Waals surface area contributed by atoms with Crippen molar-refractivity contribution < 1.29 is 13.2 Å². The smallest absolute Gasteiger partial charge is 0.324 e. The second kappa shape index (κ2) is 10.4. The number of nitrogens with one attached hydrogen (secondary N) is 1. The second-order valence-corrected chi connectivity index (χ2v) is 9.54. The van der Waals surface area contributed by atoms with Crippen LogP contribution in [0.2, 0.25) is 0 Å². The van der Waals surface area contributed by atoms with Crippen molar-refractivity contribution in [3.63, 3.8) is 0 Å². The SMILES string of the molecule is Cc1ccc(C=CS(=O)(=O)NC(=O)N2CCC(CCCc3ccccc3)CC2)cc1. The number of carbonyl (C=O) groups is 1. The lowest BCUT2D eigenvalue weighted by Gasteiger charge is -2.31. The van der Waals surface area contributed by atoms with E-state index in [0.29, 0.717) is 19.0 Å². The summed E-state index contributed by atoms with van der Waals surface area (Å²) >= 11 is 0. The molecule has 0 aromatic heterocycles. The number of nitrogens with zero attached hydrogens (tertiary/aromatic N) is 1. The van der Waals surface area contributed by atoms with E-state index in [1.165, 1.54) is 11.6 Å². The molecular weight excluding hydrogens is 396 g/mol. The fourth-order valence-corrected chi connectivity index (χ4v) is 4.51. The summed E-state index contributed by atoms with van der Waals surface area (Å²) in [5.41, 5.74) is 3.24. The van der Waals surface area contributed by atoms with E-state index in [4.69, 9.17) is 0 Å². The third kappa shape index (κ3) is 7.02. The third-order valence-corrected chi connectivity index (χ3v) is 6.52. The molecule has 0 unspecified atom stereocenters. The molecule has 3 rings (SSSR count). The molecule has 1 aliphatic rings. The number of hydrogen-bond acceptors (Lipinski definition) is 3. The van der Waals surface area contributed by atoms with E-state index in [-0.39, 0.29) is 0 Å². The number of carbonyl (C=O) groups excluding carboxylic acids is 1. The van der Waals surface area contributed by atoms with Crippen LogP contribution < -0.4 is 4.72 Å². The van der Waals surface area contributed by atoms with E-state index in [1.54, 1.807) is 4.90 Å². The fourth-order valence-electron chi connectivity index (χ4n) is 3.73. The predicted molar refractivity (Wildman–Crippen MR) is 121 cm³/mol. The van der Waals surface area contributed by atoms with Crippen LogP contribution in [-0.4, -0.2) is 32.4 Å². The molecule has 2 aromatic rings. The normalized spacial score (nSPS) is 15.4. The van der Waals surface area contributed by atoms with Gasteiger partial charge in [-0.2, -0.15) is 0 Å². The van der Waals surface area contributed by atoms with Crippen LogP contribution in [-0.2, 0) is 16.4 Å². The average molecular weight is 427 g/mol. The summed E-state index contributed by atoms with van der Waals surface area (Å²) in [6.07, 6.45) is 6.69. The Kier molecular flexibility index (Phi) is 7.69. The average Bonchev–Trinajstić information content (AvgIpc) is 2.74. The summed E-state index contributed by atoms with van der Waals surface area (Å²) in [5, 5.41) is 1.05. The topological polar surface area (TPSA) is 66.5 Å². The molecule has 0 atom stereocenters. The van der Waals surface area contributed by atoms with Crippen LogP contribution in [0.15, 0.2) is 60.0 Å². The maximum atomic E-state index is 12.4. The Balaban J connectivity index is 1.41. The number of piperidine rings is 1. The summed E-state index contributed by atoms with van der Waals surface area (Å²) in [6.45, 7) is 3.16. The molecular formula is C24H30N2O3S. The van der Waals surface area contributed by atoms with Gasteiger partial charge >= 0.3 is 6.03 Å². The first-order chi connectivity index (χ1) is 14.4. The Hall–Kier alpha value is -2.60. The van der Waals surface area contributed by atoms with Gasteiger partial charge < -0.3 is 4.90 Å². The van der Waals surface area contributed by atoms with Crippen molar-refractivity contribution >= 4 is 22.1 Å². The zero-order chi connectivity index (χ0) is 21.4. The first-order valence-corrected chi connectivity index (χ1v) is 12.1. The lowest BCUT2D eigenvalue weighted by Crippen LogP contribution is -2.45. The molecule has 0 spiro atoms. The zero-order valence-corrected chi connectivity index (χ0v) is 18.3. The minimum atomic E-state index is -3.82. The molecule has 30 heavy (non-hydrogen) atoms. The maximum Gasteiger partial charge on any atom is 0.331 e. The highest BCUT2D eigenvalue weighted by molar-refractivity contribution is 7.93. The van der Waals surface area contributed by atoms with E-state index in [2.05, 4.69) is 29.0 Å². The summed E-state index contributed by atoms with van der Waals surface area (Å²) in [4.78, 5) is 14.0. The molecule has 0 radical (unpaired) electrons. The number of likely N-dealkylation sites (tertiary alicyclic amines) is 1. The quantitative estimate of drug-likeness (QED) is 0.695. The van der Waals surface area contributed by atoms with Gasteiger partial charge in [0.2, 0.25) is 0 Å². The van der Waals surface area contributed by atoms with Gasteiger partial charge in [0.15, 0.2) is 0 Å². The van der Waals surface area contributed by atoms with Crippen molar-refractivity contribution in [2.75, 3.05) is 13.1 Å². The van der Waals surface area contributed by atoms with E-state index in [0.717, 1.165) is 48.6 Å². The number of hydrogen-bond donors (Lipinski definition) is 1. The Morgan fingerprint density at radius 3 is 2.40 bits per heavy atom. The minimum absolute atomic E-state index is 0.536. The van der Waals surface area contributed by atoms with Crippen LogP contribution in [0.1, 0.15) is 42.4 Å². The molecule has 6 heteroatoms. The number of rotatable bonds is 7. The number of benzene rings is 2. The van der Waals surface area contributed by atoms with Crippen molar-refractivity contribution in [1.82, 2.24) is 9.62 Å². The van der Waals surface area contributed by atoms with Crippen molar-refractivity contribution in [1.29, 1.82) is 0 Å². The van der Waals surface area contributed by atoms with Crippen LogP contribution in [0.3, 0.4) is 0 Å². The maximum absolute atomic E-state index is 12.4. The molecule has 1 saturated heterocycles. The summed E-state index contributed by atoms with van der Waals surface area (Å²) in [7, 11) is -3.82. The van der Waals surface area contributed by atoms with Crippen molar-refractivity contribution in [3.05, 3.63) is 76.7 Å². The Bertz CT molecular complexity index is 946. The van der Waals surface area contributed by atoms with Crippen LogP contribution in [0.4, 0.5) is 4.79 Å². The molecule has 1 fully saturated rings. The van der Waals surface area contributed by atoms with Gasteiger partial charge in [0.25, 0.3) is 10.0 Å². The molecule has 2 aromatic carbocycles. The van der Waals surface area contributed by atoms with E-state index in [9.17, 15) is 13.2 Å². The van der Waals surface area contributed by atoms with Crippen molar-refractivity contribution in [2.24, 2.45) is 5.92 Å². The van der Waals surface area contributed by atoms with Gasteiger partial charge in [-0.3, -0.25) is 0 Å². The number of aryl methyl sites for hydroxylation is 2. The molecule has 160 valence electrons. The number of sulfonamides is 1. The lowest BCUT2D eigenvalue weighted by molar-refractivity contribution is 0.172. The van der Waals surface area contributed by atoms with Crippen molar-refractivity contribution in [2.45, 2.75) is 39.0 Å². The summed E-state index contributed by atoms with van der Waals surface area (Å²) in [5.74, 6) is 0.593. The molecule has 0 bridgehead atoms. The highest BCUT2D eigenvalue weighted by Gasteiger charge is 2.24. The molecule has 1 heterocycles. The molecule has 0 saturated carbocycles. The molecule has 1 aliphatic heterocycles. The fraction of sp³-hybridized carbons (Fsp3) is 0.375. The van der Waals surface area contributed by atoms with Crippen molar-refractivity contribution in [3.8, 4) is 0 Å². The molecule has 0 aliphatic carbocycles. The molecule has 1 N–H and O–H groups in total. The van der Waals surface area contributed by atoms with Crippen LogP contribution in [0.25, 0.3) is 6.08 Å². The van der Waals surface area contributed by atoms with E-state index in [1.807, 2.05) is 37.3 Å². The van der Waals surface area contributed by atoms with Crippen LogP contribution in [0.5, 0.6) is 0 Å². The Labute approximate surface area is 179 Å². The Morgan fingerprint density at radius 2 is 1.73 bits per heavy atom. The van der Waals surface area contributed by atoms with Gasteiger partial charge in [-0.25, -0.2) is 17.9 Å². The first kappa shape index (κ1) is 22.1. The Morgan fingerprint density at radius 1 is 1.07 bits per heavy atom. The van der Waals surface area contributed by atoms with Gasteiger partial charge in [0, 0.05) is 13.1 Å². The summed E-state index contributed by atoms with van der Waals surface area (Å²) in [6, 6.07) is 17.4. The zero-order valence-electron chi connectivity index (χ0n) is 17.5.